The van der Waals surface area contributed by atoms with E-state index >= 15 is 0 Å². The average Bonchev–Trinajstić information content (AvgIpc) is 2.85. The molecule has 1 aliphatic heterocycles. The second-order valence-electron chi connectivity index (χ2n) is 5.78. The molecule has 2 atom stereocenters. The average molecular weight is 307 g/mol. The summed E-state index contributed by atoms with van der Waals surface area (Å²) in [5.74, 6) is -0.0257. The lowest BCUT2D eigenvalue weighted by Gasteiger charge is -2.36. The molecule has 0 bridgehead atoms. The highest BCUT2D eigenvalue weighted by atomic mass is 16.3. The molecule has 0 aromatic heterocycles. The molecule has 118 valence electrons. The van der Waals surface area contributed by atoms with Gasteiger partial charge in [0.05, 0.1) is 18.7 Å². The number of benzene rings is 2. The highest BCUT2D eigenvalue weighted by molar-refractivity contribution is 5.94. The molecule has 0 fully saturated rings. The fourth-order valence-electron chi connectivity index (χ4n) is 3.13. The Labute approximate surface area is 136 Å². The van der Waals surface area contributed by atoms with Crippen LogP contribution in [0.2, 0.25) is 0 Å². The number of carbonyl (C=O) groups excluding carboxylic acids is 1. The summed E-state index contributed by atoms with van der Waals surface area (Å²) >= 11 is 0. The van der Waals surface area contributed by atoms with E-state index in [1.807, 2.05) is 65.6 Å². The van der Waals surface area contributed by atoms with Crippen molar-refractivity contribution < 1.29 is 9.90 Å². The summed E-state index contributed by atoms with van der Waals surface area (Å²) in [5.41, 5.74) is 1.76. The smallest absolute Gasteiger partial charge is 0.254 e. The van der Waals surface area contributed by atoms with Gasteiger partial charge in [0, 0.05) is 5.56 Å². The molecular weight excluding hydrogens is 286 g/mol. The number of carbonyl (C=O) groups is 1. The van der Waals surface area contributed by atoms with Gasteiger partial charge in [-0.2, -0.15) is 0 Å². The zero-order chi connectivity index (χ0) is 16.1. The Morgan fingerprint density at radius 2 is 1.57 bits per heavy atom. The van der Waals surface area contributed by atoms with Gasteiger partial charge in [0.1, 0.15) is 0 Å². The van der Waals surface area contributed by atoms with Crippen molar-refractivity contribution in [3.63, 3.8) is 0 Å². The van der Waals surface area contributed by atoms with Crippen LogP contribution in [-0.2, 0) is 0 Å². The minimum Gasteiger partial charge on any atom is -0.394 e. The van der Waals surface area contributed by atoms with Crippen LogP contribution in [0.4, 0.5) is 0 Å². The Morgan fingerprint density at radius 1 is 0.957 bits per heavy atom. The van der Waals surface area contributed by atoms with Gasteiger partial charge in [-0.1, -0.05) is 60.7 Å². The van der Waals surface area contributed by atoms with E-state index in [1.54, 1.807) is 0 Å². The molecule has 1 heterocycles. The Balaban J connectivity index is 2.00. The number of nitrogens with zero attached hydrogens (tertiary/aromatic N) is 1. The van der Waals surface area contributed by atoms with E-state index in [9.17, 15) is 9.90 Å². The maximum absolute atomic E-state index is 13.1. The van der Waals surface area contributed by atoms with Crippen molar-refractivity contribution in [3.8, 4) is 0 Å². The van der Waals surface area contributed by atoms with Crippen LogP contribution in [0.5, 0.6) is 0 Å². The largest absolute Gasteiger partial charge is 0.394 e. The molecular formula is C20H21NO2. The molecule has 0 saturated carbocycles. The molecule has 0 spiro atoms. The van der Waals surface area contributed by atoms with Crippen molar-refractivity contribution >= 4 is 5.91 Å². The molecule has 2 aromatic carbocycles. The van der Waals surface area contributed by atoms with E-state index in [0.29, 0.717) is 12.0 Å². The zero-order valence-electron chi connectivity index (χ0n) is 13.0. The first-order chi connectivity index (χ1) is 11.3. The highest BCUT2D eigenvalue weighted by Crippen LogP contribution is 2.31. The van der Waals surface area contributed by atoms with Gasteiger partial charge >= 0.3 is 0 Å². The summed E-state index contributed by atoms with van der Waals surface area (Å²) in [6.45, 7) is -0.0355. The minimum absolute atomic E-state index is 0.0257. The molecule has 0 radical (unpaired) electrons. The number of aliphatic hydroxyl groups is 1. The SMILES string of the molecule is O=C(c1ccccc1)N1C(CO)CC=CCC1c1ccccc1. The fourth-order valence-corrected chi connectivity index (χ4v) is 3.13. The van der Waals surface area contributed by atoms with Crippen molar-refractivity contribution in [2.45, 2.75) is 24.9 Å². The van der Waals surface area contributed by atoms with Crippen LogP contribution in [-0.4, -0.2) is 28.6 Å². The summed E-state index contributed by atoms with van der Waals surface area (Å²) in [6, 6.07) is 19.1. The van der Waals surface area contributed by atoms with Gasteiger partial charge in [0.2, 0.25) is 0 Å². The van der Waals surface area contributed by atoms with Gasteiger partial charge in [-0.15, -0.1) is 0 Å². The lowest BCUT2D eigenvalue weighted by molar-refractivity contribution is 0.0476. The normalized spacial score (nSPS) is 21.0. The summed E-state index contributed by atoms with van der Waals surface area (Å²) in [5, 5.41) is 9.82. The van der Waals surface area contributed by atoms with Crippen molar-refractivity contribution in [3.05, 3.63) is 83.9 Å². The number of hydrogen-bond donors (Lipinski definition) is 1. The van der Waals surface area contributed by atoms with E-state index in [0.717, 1.165) is 12.0 Å². The maximum atomic E-state index is 13.1. The third kappa shape index (κ3) is 3.35. The molecule has 3 heteroatoms. The minimum atomic E-state index is -0.202. The Hall–Kier alpha value is -2.39. The van der Waals surface area contributed by atoms with Gasteiger partial charge in [0.15, 0.2) is 0 Å². The van der Waals surface area contributed by atoms with Crippen LogP contribution in [0.1, 0.15) is 34.8 Å². The van der Waals surface area contributed by atoms with E-state index < -0.39 is 0 Å². The maximum Gasteiger partial charge on any atom is 0.254 e. The van der Waals surface area contributed by atoms with Crippen LogP contribution in [0.15, 0.2) is 72.8 Å². The monoisotopic (exact) mass is 307 g/mol. The lowest BCUT2D eigenvalue weighted by Crippen LogP contribution is -2.44. The van der Waals surface area contributed by atoms with Crippen LogP contribution >= 0.6 is 0 Å². The first-order valence-corrected chi connectivity index (χ1v) is 7.99. The number of aliphatic hydroxyl groups excluding tert-OH is 1. The second kappa shape index (κ2) is 7.25. The number of rotatable bonds is 3. The topological polar surface area (TPSA) is 40.5 Å². The molecule has 0 aliphatic carbocycles. The van der Waals surface area contributed by atoms with E-state index in [2.05, 4.69) is 12.2 Å². The fraction of sp³-hybridized carbons (Fsp3) is 0.250. The van der Waals surface area contributed by atoms with Gasteiger partial charge in [-0.3, -0.25) is 4.79 Å². The van der Waals surface area contributed by atoms with Crippen molar-refractivity contribution in [2.75, 3.05) is 6.61 Å². The highest BCUT2D eigenvalue weighted by Gasteiger charge is 2.32. The number of amides is 1. The molecule has 3 rings (SSSR count). The van der Waals surface area contributed by atoms with Gasteiger partial charge < -0.3 is 10.0 Å². The predicted molar refractivity (Wildman–Crippen MR) is 91.0 cm³/mol. The first-order valence-electron chi connectivity index (χ1n) is 7.99. The van der Waals surface area contributed by atoms with Crippen LogP contribution in [0, 0.1) is 0 Å². The van der Waals surface area contributed by atoms with E-state index in [4.69, 9.17) is 0 Å². The molecule has 1 aliphatic rings. The van der Waals surface area contributed by atoms with Crippen molar-refractivity contribution in [2.24, 2.45) is 0 Å². The lowest BCUT2D eigenvalue weighted by atomic mass is 9.99. The zero-order valence-corrected chi connectivity index (χ0v) is 13.0. The van der Waals surface area contributed by atoms with Crippen LogP contribution < -0.4 is 0 Å². The quantitative estimate of drug-likeness (QED) is 0.881. The summed E-state index contributed by atoms with van der Waals surface area (Å²) in [4.78, 5) is 14.9. The Morgan fingerprint density at radius 3 is 2.22 bits per heavy atom. The van der Waals surface area contributed by atoms with E-state index in [1.165, 1.54) is 0 Å². The Bertz CT molecular complexity index is 667. The van der Waals surface area contributed by atoms with Crippen molar-refractivity contribution in [1.82, 2.24) is 4.90 Å². The molecule has 1 amide bonds. The van der Waals surface area contributed by atoms with Crippen LogP contribution in [0.25, 0.3) is 0 Å². The van der Waals surface area contributed by atoms with Gasteiger partial charge in [-0.25, -0.2) is 0 Å². The van der Waals surface area contributed by atoms with Crippen molar-refractivity contribution in [1.29, 1.82) is 0 Å². The standard InChI is InChI=1S/C20H21NO2/c22-15-18-13-7-8-14-19(16-9-3-1-4-10-16)21(18)20(23)17-11-5-2-6-12-17/h1-12,18-19,22H,13-15H2. The Kier molecular flexibility index (Phi) is 4.89. The molecule has 1 N–H and O–H groups in total. The third-order valence-electron chi connectivity index (χ3n) is 4.31. The summed E-state index contributed by atoms with van der Waals surface area (Å²) in [7, 11) is 0. The summed E-state index contributed by atoms with van der Waals surface area (Å²) < 4.78 is 0. The third-order valence-corrected chi connectivity index (χ3v) is 4.31. The van der Waals surface area contributed by atoms with E-state index in [-0.39, 0.29) is 24.6 Å². The van der Waals surface area contributed by atoms with Gasteiger partial charge in [0.25, 0.3) is 5.91 Å². The molecule has 3 nitrogen and oxygen atoms in total. The molecule has 23 heavy (non-hydrogen) atoms. The second-order valence-corrected chi connectivity index (χ2v) is 5.78. The van der Waals surface area contributed by atoms with Crippen LogP contribution in [0.3, 0.4) is 0 Å². The number of hydrogen-bond acceptors (Lipinski definition) is 2. The van der Waals surface area contributed by atoms with Gasteiger partial charge in [-0.05, 0) is 30.5 Å². The molecule has 2 aromatic rings. The molecule has 2 unspecified atom stereocenters. The summed E-state index contributed by atoms with van der Waals surface area (Å²) in [6.07, 6.45) is 5.62. The predicted octanol–water partition coefficient (Wildman–Crippen LogP) is 3.58. The molecule has 0 saturated heterocycles. The first kappa shape index (κ1) is 15.5.